The average Bonchev–Trinajstić information content (AvgIpc) is 3.35. The normalized spacial score (nSPS) is 17.7. The predicted molar refractivity (Wildman–Crippen MR) is 129 cm³/mol. The Morgan fingerprint density at radius 3 is 1.86 bits per heavy atom. The van der Waals surface area contributed by atoms with E-state index >= 15 is 0 Å². The zero-order chi connectivity index (χ0) is 26.2. The van der Waals surface area contributed by atoms with Gasteiger partial charge in [0, 0.05) is 6.42 Å². The van der Waals surface area contributed by atoms with Crippen LogP contribution < -0.4 is 38.5 Å². The predicted octanol–water partition coefficient (Wildman–Crippen LogP) is -2.20. The molecule has 1 rings (SSSR count). The number of unbranched alkanes of at least 4 members (excludes halogenated alkanes) is 2. The summed E-state index contributed by atoms with van der Waals surface area (Å²) in [5.41, 5.74) is 16.4. The van der Waals surface area contributed by atoms with E-state index in [-0.39, 0.29) is 25.2 Å². The van der Waals surface area contributed by atoms with Gasteiger partial charge in [-0.3, -0.25) is 24.0 Å². The number of rotatable bonds is 18. The number of carboxylic acid groups (broad SMARTS) is 1. The number of primary amides is 1. The lowest BCUT2D eigenvalue weighted by Crippen LogP contribution is -2.57. The Morgan fingerprint density at radius 1 is 0.829 bits per heavy atom. The van der Waals surface area contributed by atoms with Crippen LogP contribution in [0.2, 0.25) is 0 Å². The summed E-state index contributed by atoms with van der Waals surface area (Å²) in [5, 5.41) is 19.9. The smallest absolute Gasteiger partial charge is 0.303 e. The number of nitrogens with one attached hydrogen (secondary N) is 4. The number of hydrogen-bond acceptors (Lipinski definition) is 8. The third kappa shape index (κ3) is 12.0. The highest BCUT2D eigenvalue weighted by atomic mass is 16.4. The number of hydrogen-bond donors (Lipinski definition) is 8. The molecule has 0 radical (unpaired) electrons. The maximum atomic E-state index is 13.1. The van der Waals surface area contributed by atoms with Crippen LogP contribution in [-0.4, -0.2) is 78.5 Å². The van der Waals surface area contributed by atoms with Crippen molar-refractivity contribution in [2.45, 2.75) is 88.4 Å². The van der Waals surface area contributed by atoms with Crippen LogP contribution in [0.3, 0.4) is 0 Å². The average molecular weight is 500 g/mol. The molecule has 1 saturated heterocycles. The molecule has 0 saturated carbocycles. The Balaban J connectivity index is 2.91. The van der Waals surface area contributed by atoms with Gasteiger partial charge in [0.2, 0.25) is 23.6 Å². The largest absolute Gasteiger partial charge is 0.481 e. The first-order valence-corrected chi connectivity index (χ1v) is 12.2. The van der Waals surface area contributed by atoms with Gasteiger partial charge in [-0.2, -0.15) is 0 Å². The third-order valence-corrected chi connectivity index (χ3v) is 5.84. The van der Waals surface area contributed by atoms with Crippen molar-refractivity contribution in [2.24, 2.45) is 17.2 Å². The fourth-order valence-corrected chi connectivity index (χ4v) is 3.80. The van der Waals surface area contributed by atoms with Crippen LogP contribution in [0.1, 0.15) is 64.2 Å². The van der Waals surface area contributed by atoms with Gasteiger partial charge in [0.05, 0.1) is 6.04 Å². The highest BCUT2D eigenvalue weighted by molar-refractivity contribution is 5.94. The summed E-state index contributed by atoms with van der Waals surface area (Å²) in [7, 11) is 0. The van der Waals surface area contributed by atoms with Crippen LogP contribution in [0.15, 0.2) is 0 Å². The van der Waals surface area contributed by atoms with Crippen LogP contribution in [0.25, 0.3) is 0 Å². The van der Waals surface area contributed by atoms with Gasteiger partial charge in [-0.25, -0.2) is 0 Å². The van der Waals surface area contributed by atoms with Crippen molar-refractivity contribution in [3.8, 4) is 0 Å². The molecule has 0 aromatic rings. The quantitative estimate of drug-likeness (QED) is 0.0954. The lowest BCUT2D eigenvalue weighted by Gasteiger charge is -2.25. The van der Waals surface area contributed by atoms with Gasteiger partial charge in [-0.1, -0.05) is 0 Å². The number of carbonyl (C=O) groups excluding carboxylic acids is 4. The molecule has 0 bridgehead atoms. The van der Waals surface area contributed by atoms with E-state index in [0.717, 1.165) is 6.42 Å². The Labute approximate surface area is 205 Å². The lowest BCUT2D eigenvalue weighted by atomic mass is 10.0. The molecule has 0 aromatic heterocycles. The zero-order valence-corrected chi connectivity index (χ0v) is 20.2. The zero-order valence-electron chi connectivity index (χ0n) is 20.2. The molecular formula is C22H41N7O6. The Morgan fingerprint density at radius 2 is 1.37 bits per heavy atom. The second-order valence-corrected chi connectivity index (χ2v) is 8.74. The first-order chi connectivity index (χ1) is 16.7. The van der Waals surface area contributed by atoms with Crippen LogP contribution in [0, 0.1) is 0 Å². The molecule has 1 fully saturated rings. The van der Waals surface area contributed by atoms with Gasteiger partial charge in [0.15, 0.2) is 0 Å². The van der Waals surface area contributed by atoms with Crippen molar-refractivity contribution >= 4 is 29.6 Å². The van der Waals surface area contributed by atoms with E-state index in [2.05, 4.69) is 21.3 Å². The van der Waals surface area contributed by atoms with Crippen molar-refractivity contribution in [1.82, 2.24) is 21.3 Å². The minimum absolute atomic E-state index is 0.200. The number of carboxylic acids is 1. The van der Waals surface area contributed by atoms with Crippen molar-refractivity contribution in [3.05, 3.63) is 0 Å². The second-order valence-electron chi connectivity index (χ2n) is 8.74. The van der Waals surface area contributed by atoms with E-state index in [9.17, 15) is 24.0 Å². The third-order valence-electron chi connectivity index (χ3n) is 5.84. The summed E-state index contributed by atoms with van der Waals surface area (Å²) in [6.07, 6.45) is 3.91. The number of aliphatic carboxylic acids is 1. The Hall–Kier alpha value is -2.77. The van der Waals surface area contributed by atoms with E-state index in [0.29, 0.717) is 58.2 Å². The molecule has 13 heteroatoms. The topological polar surface area (TPSA) is 232 Å². The van der Waals surface area contributed by atoms with Crippen molar-refractivity contribution in [2.75, 3.05) is 19.6 Å². The van der Waals surface area contributed by atoms with E-state index in [4.69, 9.17) is 22.3 Å². The molecule has 1 aliphatic heterocycles. The molecule has 4 amide bonds. The summed E-state index contributed by atoms with van der Waals surface area (Å²) in [6.45, 7) is 1.56. The monoisotopic (exact) mass is 499 g/mol. The van der Waals surface area contributed by atoms with Gasteiger partial charge in [-0.15, -0.1) is 0 Å². The minimum atomic E-state index is -1.23. The highest BCUT2D eigenvalue weighted by Gasteiger charge is 2.31. The van der Waals surface area contributed by atoms with Gasteiger partial charge in [-0.05, 0) is 77.4 Å². The van der Waals surface area contributed by atoms with E-state index in [1.165, 1.54) is 0 Å². The van der Waals surface area contributed by atoms with Crippen molar-refractivity contribution in [3.63, 3.8) is 0 Å². The first kappa shape index (κ1) is 30.3. The van der Waals surface area contributed by atoms with Crippen LogP contribution in [0.5, 0.6) is 0 Å². The molecular weight excluding hydrogens is 458 g/mol. The molecule has 200 valence electrons. The molecule has 0 unspecified atom stereocenters. The van der Waals surface area contributed by atoms with E-state index < -0.39 is 47.9 Å². The molecule has 1 aliphatic rings. The number of amides is 4. The molecule has 13 nitrogen and oxygen atoms in total. The van der Waals surface area contributed by atoms with E-state index in [1.807, 2.05) is 0 Å². The second kappa shape index (κ2) is 16.8. The lowest BCUT2D eigenvalue weighted by molar-refractivity contribution is -0.138. The molecule has 4 atom stereocenters. The fourth-order valence-electron chi connectivity index (χ4n) is 3.80. The van der Waals surface area contributed by atoms with Crippen LogP contribution >= 0.6 is 0 Å². The Kier molecular flexibility index (Phi) is 14.5. The van der Waals surface area contributed by atoms with Crippen molar-refractivity contribution < 1.29 is 29.1 Å². The maximum Gasteiger partial charge on any atom is 0.303 e. The SMILES string of the molecule is NCCCC[C@H](NC(=O)[C@H](CCC(=O)O)NC(=O)[C@H](CCCCN)NC(=O)[C@@H]1CCCN1)C(N)=O. The first-order valence-electron chi connectivity index (χ1n) is 12.2. The van der Waals surface area contributed by atoms with Crippen molar-refractivity contribution in [1.29, 1.82) is 0 Å². The molecule has 1 heterocycles. The standard InChI is InChI=1S/C22H41N7O6/c23-11-3-1-6-14(19(25)32)27-22(35)17(9-10-18(30)31)29-21(34)16(7-2-4-12-24)28-20(33)15-8-5-13-26-15/h14-17,26H,1-13,23-24H2,(H2,25,32)(H,27,35)(H,28,33)(H,29,34)(H,30,31)/t14-,15-,16-,17-/m0/s1. The summed E-state index contributed by atoms with van der Waals surface area (Å²) in [4.78, 5) is 61.4. The fraction of sp³-hybridized carbons (Fsp3) is 0.773. The summed E-state index contributed by atoms with van der Waals surface area (Å²) >= 11 is 0. The molecule has 0 spiro atoms. The summed E-state index contributed by atoms with van der Waals surface area (Å²) in [6, 6.07) is -3.52. The number of nitrogens with two attached hydrogens (primary N) is 3. The Bertz CT molecular complexity index is 714. The summed E-state index contributed by atoms with van der Waals surface area (Å²) < 4.78 is 0. The van der Waals surface area contributed by atoms with Gasteiger partial charge in [0.1, 0.15) is 18.1 Å². The molecule has 0 aliphatic carbocycles. The molecule has 0 aromatic carbocycles. The van der Waals surface area contributed by atoms with Crippen LogP contribution in [0.4, 0.5) is 0 Å². The maximum absolute atomic E-state index is 13.1. The summed E-state index contributed by atoms with van der Waals surface area (Å²) in [5.74, 6) is -3.53. The van der Waals surface area contributed by atoms with Gasteiger partial charge >= 0.3 is 5.97 Å². The van der Waals surface area contributed by atoms with E-state index in [1.54, 1.807) is 0 Å². The van der Waals surface area contributed by atoms with Gasteiger partial charge < -0.3 is 43.6 Å². The number of carbonyl (C=O) groups is 5. The van der Waals surface area contributed by atoms with Crippen LogP contribution in [-0.2, 0) is 24.0 Å². The van der Waals surface area contributed by atoms with Gasteiger partial charge in [0.25, 0.3) is 0 Å². The minimum Gasteiger partial charge on any atom is -0.481 e. The molecule has 35 heavy (non-hydrogen) atoms. The highest BCUT2D eigenvalue weighted by Crippen LogP contribution is 2.09. The molecule has 11 N–H and O–H groups in total.